The van der Waals surface area contributed by atoms with Crippen LogP contribution in [0, 0.1) is 5.92 Å². The van der Waals surface area contributed by atoms with E-state index >= 15 is 0 Å². The highest BCUT2D eigenvalue weighted by atomic mass is 32.1. The molecule has 0 bridgehead atoms. The highest BCUT2D eigenvalue weighted by molar-refractivity contribution is 7.09. The van der Waals surface area contributed by atoms with Crippen LogP contribution in [0.4, 0.5) is 0 Å². The van der Waals surface area contributed by atoms with Gasteiger partial charge >= 0.3 is 0 Å². The van der Waals surface area contributed by atoms with Gasteiger partial charge in [0, 0.05) is 25.0 Å². The van der Waals surface area contributed by atoms with Crippen molar-refractivity contribution >= 4 is 11.3 Å². The minimum Gasteiger partial charge on any atom is -0.375 e. The van der Waals surface area contributed by atoms with E-state index < -0.39 is 0 Å². The summed E-state index contributed by atoms with van der Waals surface area (Å²) >= 11 is 1.65. The van der Waals surface area contributed by atoms with Gasteiger partial charge in [0.1, 0.15) is 11.1 Å². The van der Waals surface area contributed by atoms with Gasteiger partial charge in [0.2, 0.25) is 0 Å². The monoisotopic (exact) mass is 228 g/mol. The second-order valence-electron chi connectivity index (χ2n) is 4.07. The molecule has 1 heterocycles. The molecule has 0 aromatic carbocycles. The number of ether oxygens (including phenoxy) is 1. The molecule has 86 valence electrons. The van der Waals surface area contributed by atoms with E-state index in [4.69, 9.17) is 10.5 Å². The number of methoxy groups -OCH3 is 1. The molecule has 4 heteroatoms. The maximum absolute atomic E-state index is 5.76. The smallest absolute Gasteiger partial charge is 0.121 e. The molecular weight excluding hydrogens is 208 g/mol. The zero-order chi connectivity index (χ0) is 11.4. The summed E-state index contributed by atoms with van der Waals surface area (Å²) in [5.74, 6) is 0.891. The Morgan fingerprint density at radius 2 is 2.13 bits per heavy atom. The first-order valence-electron chi connectivity index (χ1n) is 5.28. The molecule has 3 nitrogen and oxygen atoms in total. The van der Waals surface area contributed by atoms with Crippen LogP contribution in [-0.4, -0.2) is 18.6 Å². The molecule has 0 aliphatic rings. The summed E-state index contributed by atoms with van der Waals surface area (Å²) in [6.45, 7) is 7.02. The number of hydrogen-bond acceptors (Lipinski definition) is 4. The van der Waals surface area contributed by atoms with Crippen molar-refractivity contribution in [1.29, 1.82) is 0 Å². The summed E-state index contributed by atoms with van der Waals surface area (Å²) in [4.78, 5) is 4.59. The fourth-order valence-corrected chi connectivity index (χ4v) is 2.41. The Bertz CT molecular complexity index is 299. The predicted molar refractivity (Wildman–Crippen MR) is 64.2 cm³/mol. The van der Waals surface area contributed by atoms with Crippen LogP contribution in [0.2, 0.25) is 0 Å². The normalized spacial score (nSPS) is 15.6. The zero-order valence-electron chi connectivity index (χ0n) is 9.86. The number of nitrogens with zero attached hydrogens (tertiary/aromatic N) is 1. The molecule has 0 saturated carbocycles. The highest BCUT2D eigenvalue weighted by Gasteiger charge is 2.18. The first kappa shape index (κ1) is 12.6. The molecular formula is C11H20N2OS. The molecule has 0 fully saturated rings. The van der Waals surface area contributed by atoms with Crippen LogP contribution in [0.25, 0.3) is 0 Å². The van der Waals surface area contributed by atoms with Crippen molar-refractivity contribution in [2.75, 3.05) is 13.7 Å². The minimum absolute atomic E-state index is 0.0781. The fourth-order valence-electron chi connectivity index (χ4n) is 1.49. The van der Waals surface area contributed by atoms with Crippen molar-refractivity contribution in [2.45, 2.75) is 32.8 Å². The van der Waals surface area contributed by atoms with Crippen LogP contribution >= 0.6 is 11.3 Å². The molecule has 1 aromatic heterocycles. The molecule has 2 unspecified atom stereocenters. The van der Waals surface area contributed by atoms with Crippen molar-refractivity contribution in [1.82, 2.24) is 4.98 Å². The average Bonchev–Trinajstić information content (AvgIpc) is 2.66. The van der Waals surface area contributed by atoms with E-state index in [9.17, 15) is 0 Å². The van der Waals surface area contributed by atoms with Crippen LogP contribution in [0.15, 0.2) is 5.38 Å². The molecule has 1 rings (SSSR count). The van der Waals surface area contributed by atoms with Gasteiger partial charge in [0.15, 0.2) is 0 Å². The molecule has 2 atom stereocenters. The minimum atomic E-state index is 0.0781. The molecule has 15 heavy (non-hydrogen) atoms. The zero-order valence-corrected chi connectivity index (χ0v) is 10.7. The SMILES string of the molecule is COC(C)c1nc(C(CN)C(C)C)cs1. The van der Waals surface area contributed by atoms with E-state index in [2.05, 4.69) is 24.2 Å². The number of hydrogen-bond donors (Lipinski definition) is 1. The molecule has 0 aliphatic heterocycles. The second-order valence-corrected chi connectivity index (χ2v) is 4.96. The van der Waals surface area contributed by atoms with Gasteiger partial charge in [-0.3, -0.25) is 0 Å². The largest absolute Gasteiger partial charge is 0.375 e. The van der Waals surface area contributed by atoms with Crippen LogP contribution < -0.4 is 5.73 Å². The summed E-state index contributed by atoms with van der Waals surface area (Å²) in [6, 6.07) is 0. The highest BCUT2D eigenvalue weighted by Crippen LogP contribution is 2.27. The first-order valence-corrected chi connectivity index (χ1v) is 6.16. The van der Waals surface area contributed by atoms with E-state index in [0.29, 0.717) is 18.4 Å². The van der Waals surface area contributed by atoms with Gasteiger partial charge in [-0.1, -0.05) is 13.8 Å². The predicted octanol–water partition coefficient (Wildman–Crippen LogP) is 2.55. The van der Waals surface area contributed by atoms with Crippen molar-refractivity contribution in [3.63, 3.8) is 0 Å². The molecule has 0 radical (unpaired) electrons. The van der Waals surface area contributed by atoms with Crippen molar-refractivity contribution in [2.24, 2.45) is 11.7 Å². The summed E-state index contributed by atoms with van der Waals surface area (Å²) in [7, 11) is 1.70. The van der Waals surface area contributed by atoms with Crippen molar-refractivity contribution in [3.05, 3.63) is 16.1 Å². The van der Waals surface area contributed by atoms with Crippen molar-refractivity contribution in [3.8, 4) is 0 Å². The standard InChI is InChI=1S/C11H20N2OS/c1-7(2)9(5-12)10-6-15-11(13-10)8(3)14-4/h6-9H,5,12H2,1-4H3. The Morgan fingerprint density at radius 3 is 2.60 bits per heavy atom. The van der Waals surface area contributed by atoms with Crippen LogP contribution in [0.3, 0.4) is 0 Å². The van der Waals surface area contributed by atoms with E-state index in [-0.39, 0.29) is 6.10 Å². The lowest BCUT2D eigenvalue weighted by atomic mass is 9.93. The fraction of sp³-hybridized carbons (Fsp3) is 0.727. The topological polar surface area (TPSA) is 48.1 Å². The Labute approximate surface area is 95.7 Å². The lowest BCUT2D eigenvalue weighted by Gasteiger charge is -2.16. The summed E-state index contributed by atoms with van der Waals surface area (Å²) in [5.41, 5.74) is 6.86. The first-order chi connectivity index (χ1) is 7.10. The Balaban J connectivity index is 2.82. The Morgan fingerprint density at radius 1 is 1.47 bits per heavy atom. The van der Waals surface area contributed by atoms with Gasteiger partial charge in [-0.25, -0.2) is 4.98 Å². The lowest BCUT2D eigenvalue weighted by Crippen LogP contribution is -2.18. The number of nitrogens with two attached hydrogens (primary N) is 1. The van der Waals surface area contributed by atoms with E-state index in [1.807, 2.05) is 6.92 Å². The van der Waals surface area contributed by atoms with Gasteiger partial charge < -0.3 is 10.5 Å². The molecule has 0 aliphatic carbocycles. The van der Waals surface area contributed by atoms with Crippen LogP contribution in [-0.2, 0) is 4.74 Å². The lowest BCUT2D eigenvalue weighted by molar-refractivity contribution is 0.119. The van der Waals surface area contributed by atoms with Gasteiger partial charge in [-0.05, 0) is 12.8 Å². The average molecular weight is 228 g/mol. The van der Waals surface area contributed by atoms with Gasteiger partial charge in [-0.2, -0.15) is 0 Å². The Hall–Kier alpha value is -0.450. The third kappa shape index (κ3) is 3.00. The summed E-state index contributed by atoms with van der Waals surface area (Å²) in [6.07, 6.45) is 0.0781. The van der Waals surface area contributed by atoms with Crippen LogP contribution in [0.5, 0.6) is 0 Å². The Kier molecular flexibility index (Phi) is 4.70. The molecule has 1 aromatic rings. The number of aromatic nitrogens is 1. The third-order valence-electron chi connectivity index (χ3n) is 2.68. The van der Waals surface area contributed by atoms with E-state index in [1.165, 1.54) is 0 Å². The molecule has 2 N–H and O–H groups in total. The third-order valence-corrected chi connectivity index (χ3v) is 3.70. The summed E-state index contributed by atoms with van der Waals surface area (Å²) < 4.78 is 5.24. The van der Waals surface area contributed by atoms with Crippen molar-refractivity contribution < 1.29 is 4.74 Å². The maximum atomic E-state index is 5.76. The summed E-state index contributed by atoms with van der Waals surface area (Å²) in [5, 5.41) is 3.13. The molecule has 0 amide bonds. The quantitative estimate of drug-likeness (QED) is 0.842. The number of rotatable bonds is 5. The van der Waals surface area contributed by atoms with Gasteiger partial charge in [0.25, 0.3) is 0 Å². The van der Waals surface area contributed by atoms with Gasteiger partial charge in [0.05, 0.1) is 5.69 Å². The maximum Gasteiger partial charge on any atom is 0.121 e. The molecule has 0 saturated heterocycles. The van der Waals surface area contributed by atoms with Crippen LogP contribution in [0.1, 0.15) is 43.5 Å². The van der Waals surface area contributed by atoms with E-state index in [1.54, 1.807) is 18.4 Å². The molecule has 0 spiro atoms. The van der Waals surface area contributed by atoms with Gasteiger partial charge in [-0.15, -0.1) is 11.3 Å². The second kappa shape index (κ2) is 5.58. The van der Waals surface area contributed by atoms with E-state index in [0.717, 1.165) is 10.7 Å². The number of thiazole rings is 1.